The lowest BCUT2D eigenvalue weighted by Gasteiger charge is -2.33. The normalized spacial score (nSPS) is 23.5. The van der Waals surface area contributed by atoms with E-state index in [0.717, 1.165) is 10.8 Å². The second-order valence-corrected chi connectivity index (χ2v) is 15.0. The Bertz CT molecular complexity index is 1780. The number of nitrogens with one attached hydrogen (secondary N) is 1. The fourth-order valence-electron chi connectivity index (χ4n) is 5.12. The molecule has 1 fully saturated rings. The summed E-state index contributed by atoms with van der Waals surface area (Å²) in [6.07, 6.45) is -4.00. The van der Waals surface area contributed by atoms with Gasteiger partial charge >= 0.3 is 12.6 Å². The Kier molecular flexibility index (Phi) is 10.2. The van der Waals surface area contributed by atoms with Crippen molar-refractivity contribution >= 4 is 63.8 Å². The van der Waals surface area contributed by atoms with E-state index in [-0.39, 0.29) is 12.0 Å². The number of anilines is 1. The minimum Gasteiger partial charge on any atom is -0.462 e. The summed E-state index contributed by atoms with van der Waals surface area (Å²) in [6.45, 7) is 2.64. The number of rotatable bonds is 12. The molecule has 5 rings (SSSR count). The van der Waals surface area contributed by atoms with E-state index in [1.54, 1.807) is 44.7 Å². The van der Waals surface area contributed by atoms with E-state index in [9.17, 15) is 9.90 Å². The number of nitrogens with zero attached hydrogens (tertiary/aromatic N) is 5. The summed E-state index contributed by atoms with van der Waals surface area (Å²) in [4.78, 5) is 27.8. The molecule has 3 heterocycles. The number of ether oxygens (including phenoxy) is 2. The highest BCUT2D eigenvalue weighted by Gasteiger charge is 2.57. The van der Waals surface area contributed by atoms with Gasteiger partial charge in [-0.25, -0.2) is 24.4 Å². The van der Waals surface area contributed by atoms with E-state index in [0.29, 0.717) is 28.6 Å². The molecule has 0 spiro atoms. The molecule has 6 atom stereocenters. The van der Waals surface area contributed by atoms with Crippen LogP contribution in [0.2, 0.25) is 0 Å². The number of aromatic nitrogens is 4. The number of esters is 1. The molecular formula is C30H37ClFN6O6PS. The van der Waals surface area contributed by atoms with Gasteiger partial charge < -0.3 is 28.5 Å². The van der Waals surface area contributed by atoms with Crippen LogP contribution in [0.4, 0.5) is 10.2 Å². The molecule has 0 unspecified atom stereocenters. The topological polar surface area (TPSA) is 133 Å². The van der Waals surface area contributed by atoms with E-state index >= 15 is 4.39 Å². The number of alkyl halides is 2. The molecule has 1 aliphatic rings. The largest absolute Gasteiger partial charge is 0.462 e. The van der Waals surface area contributed by atoms with Crippen molar-refractivity contribution in [2.45, 2.75) is 63.9 Å². The molecule has 248 valence electrons. The highest BCUT2D eigenvalue weighted by atomic mass is 35.5. The van der Waals surface area contributed by atoms with E-state index in [4.69, 9.17) is 41.9 Å². The van der Waals surface area contributed by atoms with Gasteiger partial charge in [0.25, 0.3) is 0 Å². The zero-order chi connectivity index (χ0) is 33.4. The number of benzene rings is 2. The van der Waals surface area contributed by atoms with Crippen LogP contribution in [0.3, 0.4) is 0 Å². The molecule has 2 N–H and O–H groups in total. The summed E-state index contributed by atoms with van der Waals surface area (Å²) >= 11 is 12.3. The first-order chi connectivity index (χ1) is 21.8. The van der Waals surface area contributed by atoms with Gasteiger partial charge in [-0.15, -0.1) is 11.6 Å². The van der Waals surface area contributed by atoms with Gasteiger partial charge in [0.15, 0.2) is 29.4 Å². The molecule has 46 heavy (non-hydrogen) atoms. The molecule has 0 aliphatic carbocycles. The van der Waals surface area contributed by atoms with Crippen molar-refractivity contribution in [3.05, 3.63) is 54.6 Å². The number of fused-ring (bicyclic) bond motifs is 2. The monoisotopic (exact) mass is 694 g/mol. The quantitative estimate of drug-likeness (QED) is 0.120. The molecule has 12 nitrogen and oxygen atoms in total. The number of carbonyl (C=O) groups is 1. The zero-order valence-electron chi connectivity index (χ0n) is 26.3. The third-order valence-corrected chi connectivity index (χ3v) is 10.3. The molecule has 1 saturated heterocycles. The zero-order valence-corrected chi connectivity index (χ0v) is 28.7. The minimum atomic E-state index is -3.63. The van der Waals surface area contributed by atoms with E-state index < -0.39 is 49.4 Å². The number of carbonyl (C=O) groups excluding carboxylic acids is 1. The molecule has 1 aliphatic heterocycles. The number of aliphatic hydroxyl groups excluding tert-OH is 1. The predicted octanol–water partition coefficient (Wildman–Crippen LogP) is 4.81. The predicted molar refractivity (Wildman–Crippen MR) is 178 cm³/mol. The Labute approximate surface area is 276 Å². The van der Waals surface area contributed by atoms with Crippen LogP contribution >= 0.6 is 18.2 Å². The number of halogens is 2. The van der Waals surface area contributed by atoms with Gasteiger partial charge in [0.1, 0.15) is 29.3 Å². The van der Waals surface area contributed by atoms with Crippen molar-refractivity contribution < 1.29 is 32.8 Å². The van der Waals surface area contributed by atoms with E-state index in [2.05, 4.69) is 20.0 Å². The van der Waals surface area contributed by atoms with Crippen molar-refractivity contribution in [2.75, 3.05) is 31.5 Å². The van der Waals surface area contributed by atoms with Crippen LogP contribution in [0.5, 0.6) is 5.75 Å². The summed E-state index contributed by atoms with van der Waals surface area (Å²) in [5.41, 5.74) is -0.999. The molecule has 4 aromatic rings. The van der Waals surface area contributed by atoms with E-state index in [1.807, 2.05) is 44.4 Å². The first-order valence-electron chi connectivity index (χ1n) is 14.6. The van der Waals surface area contributed by atoms with Gasteiger partial charge in [0.05, 0.1) is 24.9 Å². The summed E-state index contributed by atoms with van der Waals surface area (Å²) in [7, 11) is 3.62. The van der Waals surface area contributed by atoms with Crippen LogP contribution in [-0.4, -0.2) is 87.2 Å². The molecule has 0 saturated carbocycles. The van der Waals surface area contributed by atoms with Gasteiger partial charge in [-0.05, 0) is 51.0 Å². The van der Waals surface area contributed by atoms with Crippen LogP contribution in [-0.2, 0) is 30.6 Å². The van der Waals surface area contributed by atoms with Crippen molar-refractivity contribution in [2.24, 2.45) is 0 Å². The first kappa shape index (κ1) is 34.4. The van der Waals surface area contributed by atoms with Crippen LogP contribution < -0.4 is 14.5 Å². The molecule has 0 radical (unpaired) electrons. The lowest BCUT2D eigenvalue weighted by atomic mass is 9.99. The van der Waals surface area contributed by atoms with Gasteiger partial charge in [0.2, 0.25) is 0 Å². The number of aliphatic hydroxyl groups is 1. The van der Waals surface area contributed by atoms with Gasteiger partial charge in [-0.3, -0.25) is 9.36 Å². The van der Waals surface area contributed by atoms with Crippen molar-refractivity contribution in [3.63, 3.8) is 0 Å². The molecule has 2 aromatic heterocycles. The van der Waals surface area contributed by atoms with Gasteiger partial charge in [-0.1, -0.05) is 36.4 Å². The molecule has 16 heteroatoms. The number of imidazole rings is 1. The number of hydrogen-bond acceptors (Lipinski definition) is 11. The molecule has 0 amide bonds. The maximum absolute atomic E-state index is 16.0. The Morgan fingerprint density at radius 3 is 2.65 bits per heavy atom. The number of hydrogen-bond donors (Lipinski definition) is 2. The van der Waals surface area contributed by atoms with Gasteiger partial charge in [-0.2, -0.15) is 0 Å². The Balaban J connectivity index is 1.46. The summed E-state index contributed by atoms with van der Waals surface area (Å²) < 4.78 is 41.5. The fourth-order valence-corrected chi connectivity index (χ4v) is 7.86. The van der Waals surface area contributed by atoms with Crippen LogP contribution in [0.25, 0.3) is 21.9 Å². The van der Waals surface area contributed by atoms with E-state index in [1.165, 1.54) is 10.9 Å². The highest BCUT2D eigenvalue weighted by molar-refractivity contribution is 8.09. The highest BCUT2D eigenvalue weighted by Crippen LogP contribution is 2.50. The fraction of sp³-hybridized carbons (Fsp3) is 0.467. The average Bonchev–Trinajstić information content (AvgIpc) is 3.53. The minimum absolute atomic E-state index is 0.325. The Hall–Kier alpha value is -2.97. The molecular weight excluding hydrogens is 658 g/mol. The SMILES string of the molecule is Cc1nc(N(C)C)c2ncn([C@@H]3O[C@](CCl)(CO[P@@](=S)(N[C@@H](C)C(=O)OC(C)C)Oc4cccc5ccccc45)[C@@H](O)[C@@H]3F)c2n1. The average molecular weight is 695 g/mol. The van der Waals surface area contributed by atoms with Crippen molar-refractivity contribution in [1.29, 1.82) is 0 Å². The lowest BCUT2D eigenvalue weighted by molar-refractivity contribution is -0.149. The Morgan fingerprint density at radius 1 is 1.24 bits per heavy atom. The maximum Gasteiger partial charge on any atom is 0.323 e. The van der Waals surface area contributed by atoms with Crippen LogP contribution in [0.1, 0.15) is 32.8 Å². The summed E-state index contributed by atoms with van der Waals surface area (Å²) in [6, 6.07) is 12.1. The van der Waals surface area contributed by atoms with Gasteiger partial charge in [0, 0.05) is 19.5 Å². The van der Waals surface area contributed by atoms with Crippen LogP contribution in [0.15, 0.2) is 48.8 Å². The van der Waals surface area contributed by atoms with Crippen molar-refractivity contribution in [3.8, 4) is 5.75 Å². The summed E-state index contributed by atoms with van der Waals surface area (Å²) in [5.74, 6) is 0.474. The maximum atomic E-state index is 16.0. The molecule has 0 bridgehead atoms. The van der Waals surface area contributed by atoms with Crippen molar-refractivity contribution in [1.82, 2.24) is 24.6 Å². The first-order valence-corrected chi connectivity index (χ1v) is 17.8. The number of aryl methyl sites for hydroxylation is 1. The lowest BCUT2D eigenvalue weighted by Crippen LogP contribution is -2.48. The standard InChI is InChI=1S/C30H37ClFN6O6PS/c1-17(2)42-29(40)18(3)36-45(46,44-22-13-9-11-20-10-7-8-12-21(20)22)41-15-30(14-31)25(39)23(32)28(43-30)38-16-33-24-26(37(5)6)34-19(4)35-27(24)38/h7-13,16-18,23,25,28,39H,14-15H2,1-6H3,(H,36,46)/t18-,23-,25-,28+,30+,45-/m0/s1. The second-order valence-electron chi connectivity index (χ2n) is 11.6. The smallest absolute Gasteiger partial charge is 0.323 e. The van der Waals surface area contributed by atoms with Crippen LogP contribution in [0, 0.1) is 6.92 Å². The summed E-state index contributed by atoms with van der Waals surface area (Å²) in [5, 5.41) is 15.9. The Morgan fingerprint density at radius 2 is 1.96 bits per heavy atom. The second kappa shape index (κ2) is 13.6. The third kappa shape index (κ3) is 6.84. The molecule has 2 aromatic carbocycles. The third-order valence-electron chi connectivity index (χ3n) is 7.41.